The smallest absolute Gasteiger partial charge is 0.366 e. The number of fused-ring (bicyclic) bond motifs is 4. The molecule has 172 valence electrons. The molecule has 0 aliphatic carbocycles. The van der Waals surface area contributed by atoms with Crippen molar-refractivity contribution in [3.8, 4) is 11.4 Å². The number of hydrogen-bond acceptors (Lipinski definition) is 6. The van der Waals surface area contributed by atoms with Crippen LogP contribution in [0, 0.1) is 0 Å². The Bertz CT molecular complexity index is 1400. The maximum Gasteiger partial charge on any atom is 0.418 e. The van der Waals surface area contributed by atoms with Crippen LogP contribution >= 0.6 is 0 Å². The van der Waals surface area contributed by atoms with Crippen LogP contribution in [-0.4, -0.2) is 55.4 Å². The number of rotatable bonds is 2. The van der Waals surface area contributed by atoms with Crippen LogP contribution in [0.4, 0.5) is 23.4 Å². The summed E-state index contributed by atoms with van der Waals surface area (Å²) in [6.07, 6.45) is -3.17. The lowest BCUT2D eigenvalue weighted by molar-refractivity contribution is -0.136. The summed E-state index contributed by atoms with van der Waals surface area (Å²) in [4.78, 5) is 22.5. The molecular formula is C21H19F4N7O. The molecule has 1 fully saturated rings. The molecule has 0 saturated carbocycles. The third-order valence-corrected chi connectivity index (χ3v) is 6.12. The third-order valence-electron chi connectivity index (χ3n) is 6.12. The fourth-order valence-electron chi connectivity index (χ4n) is 4.42. The summed E-state index contributed by atoms with van der Waals surface area (Å²) < 4.78 is 61.7. The maximum atomic E-state index is 13.7. The van der Waals surface area contributed by atoms with Gasteiger partial charge >= 0.3 is 6.18 Å². The molecule has 0 bridgehead atoms. The van der Waals surface area contributed by atoms with Gasteiger partial charge in [-0.3, -0.25) is 0 Å². The summed E-state index contributed by atoms with van der Waals surface area (Å²) >= 11 is 0. The highest BCUT2D eigenvalue weighted by molar-refractivity contribution is 5.89. The van der Waals surface area contributed by atoms with Crippen molar-refractivity contribution >= 4 is 28.0 Å². The molecule has 0 radical (unpaired) electrons. The largest absolute Gasteiger partial charge is 0.418 e. The van der Waals surface area contributed by atoms with Gasteiger partial charge in [0.1, 0.15) is 23.2 Å². The summed E-state index contributed by atoms with van der Waals surface area (Å²) in [5.74, 6) is 1.33. The predicted octanol–water partition coefficient (Wildman–Crippen LogP) is 3.81. The number of anilines is 1. The van der Waals surface area contributed by atoms with Crippen LogP contribution in [0.15, 0.2) is 18.5 Å². The average Bonchev–Trinajstić information content (AvgIpc) is 3.32. The lowest BCUT2D eigenvalue weighted by Gasteiger charge is -2.35. The summed E-state index contributed by atoms with van der Waals surface area (Å²) in [5.41, 5.74) is 0.0452. The van der Waals surface area contributed by atoms with Gasteiger partial charge in [-0.05, 0) is 19.9 Å². The van der Waals surface area contributed by atoms with Crippen LogP contribution < -0.4 is 4.90 Å². The van der Waals surface area contributed by atoms with E-state index in [2.05, 4.69) is 19.9 Å². The standard InChI is InChI=1S/C21H19F4N7O/c1-20(2)19-28-14-17(31-8-11(22)9-31)29-15(30-18(14)32(19)3-4-33-20)10-5-12-13(21(23,24)25)7-27-16(12)26-6-10/h5-7,11H,3-4,8-9H2,1-2H3,(H,26,27). The lowest BCUT2D eigenvalue weighted by atomic mass is 10.1. The van der Waals surface area contributed by atoms with Crippen molar-refractivity contribution in [2.75, 3.05) is 24.6 Å². The average molecular weight is 461 g/mol. The van der Waals surface area contributed by atoms with Crippen LogP contribution in [0.1, 0.15) is 25.2 Å². The molecule has 0 atom stereocenters. The highest BCUT2D eigenvalue weighted by Crippen LogP contribution is 2.38. The second-order valence-electron chi connectivity index (χ2n) is 8.81. The second kappa shape index (κ2) is 6.62. The van der Waals surface area contributed by atoms with Gasteiger partial charge in [0.2, 0.25) is 0 Å². The maximum absolute atomic E-state index is 13.7. The number of nitrogens with zero attached hydrogens (tertiary/aromatic N) is 6. The molecule has 0 unspecified atom stereocenters. The number of nitrogens with one attached hydrogen (secondary N) is 1. The Labute approximate surface area is 184 Å². The van der Waals surface area contributed by atoms with Crippen molar-refractivity contribution in [2.45, 2.75) is 38.3 Å². The van der Waals surface area contributed by atoms with Gasteiger partial charge in [0.15, 0.2) is 22.8 Å². The molecule has 1 N–H and O–H groups in total. The van der Waals surface area contributed by atoms with Gasteiger partial charge in [-0.15, -0.1) is 0 Å². The molecule has 0 aromatic carbocycles. The van der Waals surface area contributed by atoms with Crippen molar-refractivity contribution in [1.82, 2.24) is 29.5 Å². The number of aromatic amines is 1. The van der Waals surface area contributed by atoms with Gasteiger partial charge in [-0.2, -0.15) is 13.2 Å². The number of ether oxygens (including phenoxy) is 1. The van der Waals surface area contributed by atoms with Gasteiger partial charge in [-0.25, -0.2) is 24.3 Å². The van der Waals surface area contributed by atoms with Crippen molar-refractivity contribution in [3.63, 3.8) is 0 Å². The molecule has 2 aliphatic heterocycles. The van der Waals surface area contributed by atoms with Crippen LogP contribution in [0.3, 0.4) is 0 Å². The van der Waals surface area contributed by atoms with E-state index in [4.69, 9.17) is 9.72 Å². The summed E-state index contributed by atoms with van der Waals surface area (Å²) in [6.45, 7) is 5.12. The molecule has 33 heavy (non-hydrogen) atoms. The van der Waals surface area contributed by atoms with E-state index in [-0.39, 0.29) is 29.9 Å². The van der Waals surface area contributed by atoms with E-state index in [0.29, 0.717) is 41.5 Å². The Balaban J connectivity index is 1.58. The number of imidazole rings is 1. The van der Waals surface area contributed by atoms with E-state index >= 15 is 0 Å². The Morgan fingerprint density at radius 1 is 1.18 bits per heavy atom. The van der Waals surface area contributed by atoms with Gasteiger partial charge in [-0.1, -0.05) is 0 Å². The highest BCUT2D eigenvalue weighted by Gasteiger charge is 2.37. The molecule has 2 aliphatic rings. The molecule has 8 nitrogen and oxygen atoms in total. The zero-order valence-electron chi connectivity index (χ0n) is 17.7. The van der Waals surface area contributed by atoms with E-state index in [0.717, 1.165) is 6.20 Å². The first kappa shape index (κ1) is 20.3. The van der Waals surface area contributed by atoms with E-state index < -0.39 is 23.5 Å². The molecule has 6 heterocycles. The predicted molar refractivity (Wildman–Crippen MR) is 111 cm³/mol. The first-order chi connectivity index (χ1) is 15.6. The molecule has 4 aromatic heterocycles. The van der Waals surface area contributed by atoms with Crippen molar-refractivity contribution in [2.24, 2.45) is 0 Å². The van der Waals surface area contributed by atoms with E-state index in [1.165, 1.54) is 12.3 Å². The number of hydrogen-bond donors (Lipinski definition) is 1. The van der Waals surface area contributed by atoms with Crippen molar-refractivity contribution in [1.29, 1.82) is 0 Å². The number of alkyl halides is 4. The summed E-state index contributed by atoms with van der Waals surface area (Å²) in [5, 5.41) is -0.0668. The van der Waals surface area contributed by atoms with Crippen LogP contribution in [0.25, 0.3) is 33.6 Å². The monoisotopic (exact) mass is 461 g/mol. The minimum absolute atomic E-state index is 0.0668. The first-order valence-electron chi connectivity index (χ1n) is 10.5. The molecule has 0 spiro atoms. The molecule has 0 amide bonds. The molecule has 6 rings (SSSR count). The topological polar surface area (TPSA) is 84.8 Å². The van der Waals surface area contributed by atoms with Crippen LogP contribution in [-0.2, 0) is 23.1 Å². The van der Waals surface area contributed by atoms with E-state index in [9.17, 15) is 17.6 Å². The Morgan fingerprint density at radius 3 is 2.70 bits per heavy atom. The molecule has 12 heteroatoms. The number of H-pyrrole nitrogens is 1. The van der Waals surface area contributed by atoms with Gasteiger partial charge in [0, 0.05) is 29.9 Å². The minimum atomic E-state index is -4.53. The van der Waals surface area contributed by atoms with E-state index in [1.54, 1.807) is 4.90 Å². The SMILES string of the molecule is CC1(C)OCCn2c1nc1c(N3CC(F)C3)nc(-c3cnc4[nH]cc(C(F)(F)F)c4c3)nc12. The molecule has 1 saturated heterocycles. The number of aromatic nitrogens is 6. The third kappa shape index (κ3) is 3.07. The summed E-state index contributed by atoms with van der Waals surface area (Å²) in [6, 6.07) is 1.38. The summed E-state index contributed by atoms with van der Waals surface area (Å²) in [7, 11) is 0. The van der Waals surface area contributed by atoms with Gasteiger partial charge < -0.3 is 19.2 Å². The Kier molecular flexibility index (Phi) is 4.08. The number of halogens is 4. The van der Waals surface area contributed by atoms with Gasteiger partial charge in [0.25, 0.3) is 0 Å². The highest BCUT2D eigenvalue weighted by atomic mass is 19.4. The van der Waals surface area contributed by atoms with Crippen molar-refractivity contribution < 1.29 is 22.3 Å². The number of pyridine rings is 1. The Morgan fingerprint density at radius 2 is 1.97 bits per heavy atom. The quantitative estimate of drug-likeness (QED) is 0.457. The molecular weight excluding hydrogens is 442 g/mol. The van der Waals surface area contributed by atoms with Crippen molar-refractivity contribution in [3.05, 3.63) is 29.8 Å². The normalized spacial score (nSPS) is 18.7. The van der Waals surface area contributed by atoms with Crippen LogP contribution in [0.2, 0.25) is 0 Å². The van der Waals surface area contributed by atoms with Crippen LogP contribution in [0.5, 0.6) is 0 Å². The Hall–Kier alpha value is -3.28. The van der Waals surface area contributed by atoms with Gasteiger partial charge in [0.05, 0.1) is 25.3 Å². The zero-order valence-corrected chi connectivity index (χ0v) is 17.7. The molecule has 4 aromatic rings. The zero-order chi connectivity index (χ0) is 23.1. The second-order valence-corrected chi connectivity index (χ2v) is 8.81. The lowest BCUT2D eigenvalue weighted by Crippen LogP contribution is -2.49. The fourth-order valence-corrected chi connectivity index (χ4v) is 4.42. The minimum Gasteiger partial charge on any atom is -0.366 e. The fraction of sp³-hybridized carbons (Fsp3) is 0.429. The first-order valence-corrected chi connectivity index (χ1v) is 10.5. The van der Waals surface area contributed by atoms with E-state index in [1.807, 2.05) is 18.4 Å².